The largest absolute Gasteiger partial charge is 0.468 e. The standard InChI is InChI=1S/C11H12N2O2/c1-15-11(14)10(12)8-3-2-4-9-7(8)5-6-13-9/h2-6,10,13H,12H2,1H3/t10-/m1/s1. The second kappa shape index (κ2) is 3.74. The van der Waals surface area contributed by atoms with Crippen LogP contribution in [0.25, 0.3) is 10.9 Å². The predicted molar refractivity (Wildman–Crippen MR) is 57.2 cm³/mol. The number of benzene rings is 1. The smallest absolute Gasteiger partial charge is 0.327 e. The number of methoxy groups -OCH3 is 1. The number of fused-ring (bicyclic) bond motifs is 1. The van der Waals surface area contributed by atoms with Crippen LogP contribution in [0, 0.1) is 0 Å². The van der Waals surface area contributed by atoms with E-state index in [0.717, 1.165) is 16.5 Å². The van der Waals surface area contributed by atoms with E-state index in [1.54, 1.807) is 0 Å². The van der Waals surface area contributed by atoms with Crippen LogP contribution in [0.5, 0.6) is 0 Å². The Morgan fingerprint density at radius 3 is 3.00 bits per heavy atom. The predicted octanol–water partition coefficient (Wildman–Crippen LogP) is 1.34. The van der Waals surface area contributed by atoms with Crippen molar-refractivity contribution < 1.29 is 9.53 Å². The lowest BCUT2D eigenvalue weighted by Crippen LogP contribution is -2.22. The van der Waals surface area contributed by atoms with Gasteiger partial charge in [-0.1, -0.05) is 12.1 Å². The summed E-state index contributed by atoms with van der Waals surface area (Å²) in [6, 6.07) is 6.79. The number of hydrogen-bond acceptors (Lipinski definition) is 3. The number of esters is 1. The summed E-state index contributed by atoms with van der Waals surface area (Å²) < 4.78 is 4.62. The van der Waals surface area contributed by atoms with Crippen molar-refractivity contribution in [3.63, 3.8) is 0 Å². The van der Waals surface area contributed by atoms with Gasteiger partial charge in [-0.15, -0.1) is 0 Å². The molecule has 3 N–H and O–H groups in total. The molecular weight excluding hydrogens is 192 g/mol. The van der Waals surface area contributed by atoms with Crippen molar-refractivity contribution in [2.24, 2.45) is 5.73 Å². The molecule has 0 bridgehead atoms. The molecule has 1 aromatic heterocycles. The van der Waals surface area contributed by atoms with Gasteiger partial charge in [0.1, 0.15) is 6.04 Å². The fraction of sp³-hybridized carbons (Fsp3) is 0.182. The van der Waals surface area contributed by atoms with Crippen molar-refractivity contribution in [3.8, 4) is 0 Å². The monoisotopic (exact) mass is 204 g/mol. The van der Waals surface area contributed by atoms with Crippen LogP contribution >= 0.6 is 0 Å². The quantitative estimate of drug-likeness (QED) is 0.725. The number of H-pyrrole nitrogens is 1. The van der Waals surface area contributed by atoms with Crippen molar-refractivity contribution in [2.45, 2.75) is 6.04 Å². The maximum Gasteiger partial charge on any atom is 0.327 e. The Morgan fingerprint density at radius 2 is 2.27 bits per heavy atom. The summed E-state index contributed by atoms with van der Waals surface area (Å²) in [5, 5.41) is 0.954. The minimum absolute atomic E-state index is 0.427. The van der Waals surface area contributed by atoms with Gasteiger partial charge in [-0.25, -0.2) is 0 Å². The van der Waals surface area contributed by atoms with E-state index < -0.39 is 12.0 Å². The molecule has 2 rings (SSSR count). The summed E-state index contributed by atoms with van der Waals surface area (Å²) in [7, 11) is 1.33. The second-order valence-electron chi connectivity index (χ2n) is 3.29. The van der Waals surface area contributed by atoms with E-state index in [1.807, 2.05) is 30.5 Å². The van der Waals surface area contributed by atoms with Gasteiger partial charge in [0.05, 0.1) is 7.11 Å². The Labute approximate surface area is 87.0 Å². The fourth-order valence-electron chi connectivity index (χ4n) is 1.63. The number of nitrogens with one attached hydrogen (secondary N) is 1. The molecule has 0 aliphatic heterocycles. The molecule has 0 saturated heterocycles. The molecule has 0 spiro atoms. The third kappa shape index (κ3) is 1.59. The molecule has 0 saturated carbocycles. The summed E-state index contributed by atoms with van der Waals surface area (Å²) in [5.74, 6) is -0.427. The lowest BCUT2D eigenvalue weighted by atomic mass is 10.0. The van der Waals surface area contributed by atoms with Crippen molar-refractivity contribution in [2.75, 3.05) is 7.11 Å². The first kappa shape index (κ1) is 9.73. The number of carbonyl (C=O) groups excluding carboxylic acids is 1. The van der Waals surface area contributed by atoms with Crippen LogP contribution in [0.1, 0.15) is 11.6 Å². The highest BCUT2D eigenvalue weighted by molar-refractivity contribution is 5.89. The lowest BCUT2D eigenvalue weighted by Gasteiger charge is -2.10. The minimum Gasteiger partial charge on any atom is -0.468 e. The third-order valence-electron chi connectivity index (χ3n) is 2.42. The maximum absolute atomic E-state index is 11.3. The van der Waals surface area contributed by atoms with Gasteiger partial charge >= 0.3 is 5.97 Å². The average Bonchev–Trinajstić information content (AvgIpc) is 2.74. The highest BCUT2D eigenvalue weighted by Crippen LogP contribution is 2.22. The van der Waals surface area contributed by atoms with Gasteiger partial charge in [0.25, 0.3) is 0 Å². The first-order valence-electron chi connectivity index (χ1n) is 4.63. The molecule has 1 aromatic carbocycles. The van der Waals surface area contributed by atoms with E-state index in [9.17, 15) is 4.79 Å². The molecule has 0 fully saturated rings. The molecule has 0 radical (unpaired) electrons. The Hall–Kier alpha value is -1.81. The molecule has 1 atom stereocenters. The molecule has 4 heteroatoms. The first-order chi connectivity index (χ1) is 7.24. The zero-order chi connectivity index (χ0) is 10.8. The van der Waals surface area contributed by atoms with Crippen LogP contribution in [0.4, 0.5) is 0 Å². The molecule has 78 valence electrons. The number of hydrogen-bond donors (Lipinski definition) is 2. The third-order valence-corrected chi connectivity index (χ3v) is 2.42. The molecule has 4 nitrogen and oxygen atoms in total. The molecule has 0 unspecified atom stereocenters. The fourth-order valence-corrected chi connectivity index (χ4v) is 1.63. The SMILES string of the molecule is COC(=O)[C@H](N)c1cccc2[nH]ccc12. The van der Waals surface area contributed by atoms with Crippen molar-refractivity contribution in [1.29, 1.82) is 0 Å². The molecule has 0 aliphatic carbocycles. The summed E-state index contributed by atoms with van der Waals surface area (Å²) in [4.78, 5) is 14.4. The molecule has 1 heterocycles. The van der Waals surface area contributed by atoms with E-state index in [0.29, 0.717) is 0 Å². The molecule has 0 amide bonds. The number of nitrogens with two attached hydrogens (primary N) is 1. The number of carbonyl (C=O) groups is 1. The Morgan fingerprint density at radius 1 is 1.47 bits per heavy atom. The zero-order valence-electron chi connectivity index (χ0n) is 8.36. The van der Waals surface area contributed by atoms with Crippen LogP contribution in [-0.2, 0) is 9.53 Å². The van der Waals surface area contributed by atoms with Crippen LogP contribution in [0.2, 0.25) is 0 Å². The summed E-state index contributed by atoms with van der Waals surface area (Å²) in [5.41, 5.74) is 7.53. The van der Waals surface area contributed by atoms with Gasteiger partial charge in [-0.05, 0) is 17.7 Å². The van der Waals surface area contributed by atoms with Gasteiger partial charge in [-0.3, -0.25) is 4.79 Å². The van der Waals surface area contributed by atoms with Gasteiger partial charge in [-0.2, -0.15) is 0 Å². The van der Waals surface area contributed by atoms with E-state index in [4.69, 9.17) is 5.73 Å². The normalized spacial score (nSPS) is 12.7. The number of rotatable bonds is 2. The van der Waals surface area contributed by atoms with Crippen LogP contribution in [0.15, 0.2) is 30.5 Å². The minimum atomic E-state index is -0.727. The van der Waals surface area contributed by atoms with E-state index >= 15 is 0 Å². The molecular formula is C11H12N2O2. The average molecular weight is 204 g/mol. The van der Waals surface area contributed by atoms with E-state index in [2.05, 4.69) is 9.72 Å². The molecule has 2 aromatic rings. The second-order valence-corrected chi connectivity index (χ2v) is 3.29. The molecule has 0 aliphatic rings. The number of aromatic amines is 1. The van der Waals surface area contributed by atoms with Crippen molar-refractivity contribution in [1.82, 2.24) is 4.98 Å². The van der Waals surface area contributed by atoms with E-state index in [1.165, 1.54) is 7.11 Å². The summed E-state index contributed by atoms with van der Waals surface area (Å²) in [6.07, 6.45) is 1.82. The van der Waals surface area contributed by atoms with Crippen molar-refractivity contribution in [3.05, 3.63) is 36.0 Å². The van der Waals surface area contributed by atoms with Gasteiger partial charge in [0.2, 0.25) is 0 Å². The number of aromatic nitrogens is 1. The topological polar surface area (TPSA) is 68.1 Å². The Bertz CT molecular complexity index is 490. The van der Waals surface area contributed by atoms with Crippen LogP contribution in [0.3, 0.4) is 0 Å². The van der Waals surface area contributed by atoms with Gasteiger partial charge in [0, 0.05) is 17.1 Å². The Balaban J connectivity index is 2.51. The van der Waals surface area contributed by atoms with E-state index in [-0.39, 0.29) is 0 Å². The van der Waals surface area contributed by atoms with Gasteiger partial charge in [0.15, 0.2) is 0 Å². The summed E-state index contributed by atoms with van der Waals surface area (Å²) >= 11 is 0. The number of ether oxygens (including phenoxy) is 1. The maximum atomic E-state index is 11.3. The molecule has 15 heavy (non-hydrogen) atoms. The zero-order valence-corrected chi connectivity index (χ0v) is 8.36. The first-order valence-corrected chi connectivity index (χ1v) is 4.63. The Kier molecular flexibility index (Phi) is 2.43. The van der Waals surface area contributed by atoms with Gasteiger partial charge < -0.3 is 15.5 Å². The van der Waals surface area contributed by atoms with Crippen LogP contribution in [-0.4, -0.2) is 18.1 Å². The van der Waals surface area contributed by atoms with Crippen LogP contribution < -0.4 is 5.73 Å². The lowest BCUT2D eigenvalue weighted by molar-refractivity contribution is -0.142. The highest BCUT2D eigenvalue weighted by Gasteiger charge is 2.18. The van der Waals surface area contributed by atoms with Crippen molar-refractivity contribution >= 4 is 16.9 Å². The highest BCUT2D eigenvalue weighted by atomic mass is 16.5. The summed E-state index contributed by atoms with van der Waals surface area (Å²) in [6.45, 7) is 0.